The van der Waals surface area contributed by atoms with E-state index in [0.717, 1.165) is 22.5 Å². The Bertz CT molecular complexity index is 861. The summed E-state index contributed by atoms with van der Waals surface area (Å²) in [7, 11) is 1.85. The van der Waals surface area contributed by atoms with Crippen molar-refractivity contribution in [2.45, 2.75) is 12.5 Å². The average Bonchev–Trinajstić information content (AvgIpc) is 2.68. The predicted molar refractivity (Wildman–Crippen MR) is 101 cm³/mol. The fourth-order valence-electron chi connectivity index (χ4n) is 2.83. The fourth-order valence-corrected chi connectivity index (χ4v) is 2.83. The minimum absolute atomic E-state index is 0.326. The lowest BCUT2D eigenvalue weighted by molar-refractivity contribution is 0.682. The van der Waals surface area contributed by atoms with E-state index < -0.39 is 0 Å². The van der Waals surface area contributed by atoms with E-state index in [-0.39, 0.29) is 6.04 Å². The third-order valence-corrected chi connectivity index (χ3v) is 4.08. The molecule has 1 aromatic carbocycles. The zero-order valence-corrected chi connectivity index (χ0v) is 14.1. The van der Waals surface area contributed by atoms with Crippen molar-refractivity contribution in [3.05, 3.63) is 89.5 Å². The molecule has 25 heavy (non-hydrogen) atoms. The van der Waals surface area contributed by atoms with Gasteiger partial charge in [-0.1, -0.05) is 24.3 Å². The molecule has 2 heterocycles. The molecule has 0 unspecified atom stereocenters. The van der Waals surface area contributed by atoms with Gasteiger partial charge in [0.05, 0.1) is 17.4 Å². The van der Waals surface area contributed by atoms with Gasteiger partial charge in [-0.05, 0) is 30.3 Å². The van der Waals surface area contributed by atoms with Crippen molar-refractivity contribution in [2.24, 2.45) is 5.73 Å². The average molecular weight is 331 g/mol. The summed E-state index contributed by atoms with van der Waals surface area (Å²) in [6.07, 6.45) is 4.05. The number of aromatic nitrogens is 2. The van der Waals surface area contributed by atoms with Crippen molar-refractivity contribution in [1.82, 2.24) is 9.97 Å². The maximum absolute atomic E-state index is 8.68. The van der Waals surface area contributed by atoms with Gasteiger partial charge in [0.25, 0.3) is 0 Å². The van der Waals surface area contributed by atoms with Crippen LogP contribution < -0.4 is 11.1 Å². The second-order valence-electron chi connectivity index (χ2n) is 5.74. The van der Waals surface area contributed by atoms with E-state index in [4.69, 9.17) is 11.1 Å². The highest BCUT2D eigenvalue weighted by Gasteiger charge is 2.18. The molecule has 0 saturated carbocycles. The van der Waals surface area contributed by atoms with Crippen LogP contribution in [0.1, 0.15) is 28.6 Å². The van der Waals surface area contributed by atoms with Gasteiger partial charge in [0.15, 0.2) is 0 Å². The van der Waals surface area contributed by atoms with Gasteiger partial charge in [-0.25, -0.2) is 0 Å². The summed E-state index contributed by atoms with van der Waals surface area (Å²) in [5.41, 5.74) is 10.9. The first-order chi connectivity index (χ1) is 12.2. The third kappa shape index (κ3) is 3.72. The molecule has 0 fully saturated rings. The second kappa shape index (κ2) is 7.68. The molecule has 0 saturated heterocycles. The number of hydrogen-bond donors (Lipinski definition) is 3. The minimum Gasteiger partial charge on any atom is -0.388 e. The molecule has 5 heteroatoms. The first-order valence-electron chi connectivity index (χ1n) is 8.17. The molecule has 4 N–H and O–H groups in total. The first-order valence-corrected chi connectivity index (χ1v) is 8.17. The Hall–Kier alpha value is -3.05. The summed E-state index contributed by atoms with van der Waals surface area (Å²) in [4.78, 5) is 8.80. The van der Waals surface area contributed by atoms with Crippen LogP contribution in [0.2, 0.25) is 0 Å². The Morgan fingerprint density at radius 2 is 1.72 bits per heavy atom. The predicted octanol–water partition coefficient (Wildman–Crippen LogP) is 3.18. The van der Waals surface area contributed by atoms with E-state index >= 15 is 0 Å². The summed E-state index contributed by atoms with van der Waals surface area (Å²) in [5.74, 6) is 0. The summed E-state index contributed by atoms with van der Waals surface area (Å²) in [5, 5.41) is 11.8. The van der Waals surface area contributed by atoms with Crippen molar-refractivity contribution in [2.75, 3.05) is 12.4 Å². The summed E-state index contributed by atoms with van der Waals surface area (Å²) >= 11 is 0. The van der Waals surface area contributed by atoms with Gasteiger partial charge in [0.2, 0.25) is 0 Å². The second-order valence-corrected chi connectivity index (χ2v) is 5.74. The number of hydrogen-bond acceptors (Lipinski definition) is 5. The Balaban J connectivity index is 1.94. The zero-order valence-electron chi connectivity index (χ0n) is 14.1. The van der Waals surface area contributed by atoms with Gasteiger partial charge in [0.1, 0.15) is 0 Å². The normalized spacial score (nSPS) is 11.8. The molecule has 0 aliphatic heterocycles. The highest BCUT2D eigenvalue weighted by Crippen LogP contribution is 2.23. The summed E-state index contributed by atoms with van der Waals surface area (Å²) in [6, 6.07) is 16.9. The standard InChI is InChI=1S/C20H21N5/c1-23-18-10-3-2-8-15(18)19(22)16-9-6-12-25-20(16)17(21)13-14-7-4-5-11-24-14/h2-12,17,22-23H,13,21H2,1H3/t17-/m0/s1. The van der Waals surface area contributed by atoms with Crippen LogP contribution in [0, 0.1) is 5.41 Å². The number of anilines is 1. The van der Waals surface area contributed by atoms with E-state index in [1.807, 2.05) is 61.6 Å². The Morgan fingerprint density at radius 1 is 1.00 bits per heavy atom. The van der Waals surface area contributed by atoms with Crippen LogP contribution in [0.25, 0.3) is 0 Å². The molecule has 3 rings (SSSR count). The van der Waals surface area contributed by atoms with Gasteiger partial charge in [-0.2, -0.15) is 0 Å². The van der Waals surface area contributed by atoms with Gasteiger partial charge in [-0.3, -0.25) is 15.4 Å². The third-order valence-electron chi connectivity index (χ3n) is 4.08. The molecule has 126 valence electrons. The number of nitrogens with zero attached hydrogens (tertiary/aromatic N) is 2. The van der Waals surface area contributed by atoms with Gasteiger partial charge >= 0.3 is 0 Å². The molecule has 0 radical (unpaired) electrons. The van der Waals surface area contributed by atoms with Crippen LogP contribution >= 0.6 is 0 Å². The lowest BCUT2D eigenvalue weighted by Crippen LogP contribution is -2.20. The van der Waals surface area contributed by atoms with Gasteiger partial charge in [0, 0.05) is 48.4 Å². The van der Waals surface area contributed by atoms with E-state index in [1.165, 1.54) is 0 Å². The Kier molecular flexibility index (Phi) is 5.16. The molecule has 0 bridgehead atoms. The largest absolute Gasteiger partial charge is 0.388 e. The first kappa shape index (κ1) is 16.8. The van der Waals surface area contributed by atoms with Crippen molar-refractivity contribution < 1.29 is 0 Å². The highest BCUT2D eigenvalue weighted by atomic mass is 14.8. The SMILES string of the molecule is CNc1ccccc1C(=N)c1cccnc1[C@@H](N)Cc1ccccn1. The van der Waals surface area contributed by atoms with E-state index in [1.54, 1.807) is 12.4 Å². The molecular formula is C20H21N5. The molecule has 5 nitrogen and oxygen atoms in total. The lowest BCUT2D eigenvalue weighted by Gasteiger charge is -2.17. The molecular weight excluding hydrogens is 310 g/mol. The van der Waals surface area contributed by atoms with Crippen molar-refractivity contribution in [3.8, 4) is 0 Å². The summed E-state index contributed by atoms with van der Waals surface area (Å²) in [6.45, 7) is 0. The maximum Gasteiger partial charge on any atom is 0.0724 e. The van der Waals surface area contributed by atoms with Crippen molar-refractivity contribution in [1.29, 1.82) is 5.41 Å². The minimum atomic E-state index is -0.326. The fraction of sp³-hybridized carbons (Fsp3) is 0.150. The van der Waals surface area contributed by atoms with Crippen molar-refractivity contribution >= 4 is 11.4 Å². The van der Waals surface area contributed by atoms with Crippen molar-refractivity contribution in [3.63, 3.8) is 0 Å². The van der Waals surface area contributed by atoms with Crippen LogP contribution in [-0.4, -0.2) is 22.7 Å². The molecule has 1 atom stereocenters. The molecule has 2 aromatic heterocycles. The lowest BCUT2D eigenvalue weighted by atomic mass is 9.95. The molecule has 0 aliphatic carbocycles. The smallest absolute Gasteiger partial charge is 0.0724 e. The number of pyridine rings is 2. The number of para-hydroxylation sites is 1. The van der Waals surface area contributed by atoms with Crippen LogP contribution in [0.3, 0.4) is 0 Å². The molecule has 3 aromatic rings. The van der Waals surface area contributed by atoms with E-state index in [9.17, 15) is 0 Å². The quantitative estimate of drug-likeness (QED) is 0.605. The Morgan fingerprint density at radius 3 is 2.48 bits per heavy atom. The van der Waals surface area contributed by atoms with Crippen LogP contribution in [0.4, 0.5) is 5.69 Å². The molecule has 0 aliphatic rings. The maximum atomic E-state index is 8.68. The molecule has 0 spiro atoms. The number of benzene rings is 1. The zero-order chi connectivity index (χ0) is 17.6. The Labute approximate surface area is 147 Å². The highest BCUT2D eigenvalue weighted by molar-refractivity contribution is 6.14. The van der Waals surface area contributed by atoms with Crippen LogP contribution in [0.5, 0.6) is 0 Å². The van der Waals surface area contributed by atoms with Crippen LogP contribution in [-0.2, 0) is 6.42 Å². The van der Waals surface area contributed by atoms with Crippen LogP contribution in [0.15, 0.2) is 67.0 Å². The number of nitrogens with one attached hydrogen (secondary N) is 2. The van der Waals surface area contributed by atoms with Gasteiger partial charge < -0.3 is 11.1 Å². The summed E-state index contributed by atoms with van der Waals surface area (Å²) < 4.78 is 0. The topological polar surface area (TPSA) is 87.7 Å². The van der Waals surface area contributed by atoms with Gasteiger partial charge in [-0.15, -0.1) is 0 Å². The molecule has 0 amide bonds. The number of nitrogens with two attached hydrogens (primary N) is 1. The number of rotatable bonds is 6. The van der Waals surface area contributed by atoms with E-state index in [2.05, 4.69) is 15.3 Å². The monoisotopic (exact) mass is 331 g/mol. The van der Waals surface area contributed by atoms with E-state index in [0.29, 0.717) is 17.8 Å².